The molecule has 0 unspecified atom stereocenters. The van der Waals surface area contributed by atoms with E-state index in [1.165, 1.54) is 0 Å². The number of nitrogens with one attached hydrogen (secondary N) is 1. The molecule has 0 atom stereocenters. The summed E-state index contributed by atoms with van der Waals surface area (Å²) < 4.78 is 2.02. The number of hydrogen-bond acceptors (Lipinski definition) is 3. The monoisotopic (exact) mass is 273 g/mol. The summed E-state index contributed by atoms with van der Waals surface area (Å²) in [5, 5.41) is 12.4. The van der Waals surface area contributed by atoms with Crippen LogP contribution in [0, 0.1) is 0 Å². The number of aromatic hydroxyl groups is 1. The molecule has 1 aromatic heterocycles. The quantitative estimate of drug-likeness (QED) is 0.755. The molecule has 5 heteroatoms. The van der Waals surface area contributed by atoms with E-state index in [1.807, 2.05) is 16.8 Å². The lowest BCUT2D eigenvalue weighted by Crippen LogP contribution is -2.26. The molecule has 0 radical (unpaired) electrons. The van der Waals surface area contributed by atoms with Crippen molar-refractivity contribution in [3.05, 3.63) is 48.5 Å². The Hall–Kier alpha value is -2.30. The van der Waals surface area contributed by atoms with Crippen molar-refractivity contribution in [3.8, 4) is 5.75 Å². The number of aryl methyl sites for hydroxylation is 1. The summed E-state index contributed by atoms with van der Waals surface area (Å²) in [5.74, 6) is 0.108. The summed E-state index contributed by atoms with van der Waals surface area (Å²) in [5.41, 5.74) is 0.656. The molecule has 0 aliphatic rings. The molecule has 0 fully saturated rings. The maximum absolute atomic E-state index is 11.7. The van der Waals surface area contributed by atoms with Gasteiger partial charge in [0, 0.05) is 31.0 Å². The number of rotatable bonds is 7. The van der Waals surface area contributed by atoms with Crippen LogP contribution < -0.4 is 5.32 Å². The Kier molecular flexibility index (Phi) is 5.17. The van der Waals surface area contributed by atoms with E-state index in [0.717, 1.165) is 19.4 Å². The molecule has 0 aliphatic carbocycles. The zero-order valence-electron chi connectivity index (χ0n) is 11.3. The van der Waals surface area contributed by atoms with Crippen molar-refractivity contribution in [2.24, 2.45) is 0 Å². The van der Waals surface area contributed by atoms with Gasteiger partial charge < -0.3 is 15.0 Å². The molecule has 1 amide bonds. The fourth-order valence-corrected chi connectivity index (χ4v) is 1.96. The summed E-state index contributed by atoms with van der Waals surface area (Å²) in [6.45, 7) is 1.57. The molecule has 0 aliphatic heterocycles. The molecule has 0 saturated heterocycles. The summed E-state index contributed by atoms with van der Waals surface area (Å²) in [6, 6.07) is 6.90. The van der Waals surface area contributed by atoms with Gasteiger partial charge in [-0.15, -0.1) is 0 Å². The van der Waals surface area contributed by atoms with Crippen LogP contribution in [-0.2, 0) is 17.8 Å². The van der Waals surface area contributed by atoms with E-state index < -0.39 is 0 Å². The molecule has 20 heavy (non-hydrogen) atoms. The van der Waals surface area contributed by atoms with E-state index >= 15 is 0 Å². The smallest absolute Gasteiger partial charge is 0.224 e. The van der Waals surface area contributed by atoms with Crippen LogP contribution in [0.25, 0.3) is 0 Å². The Morgan fingerprint density at radius 2 is 2.15 bits per heavy atom. The molecule has 2 N–H and O–H groups in total. The number of aromatic nitrogens is 2. The van der Waals surface area contributed by atoms with E-state index in [9.17, 15) is 9.90 Å². The minimum Gasteiger partial charge on any atom is -0.508 e. The molecular formula is C15H19N3O2. The number of hydrogen-bond donors (Lipinski definition) is 2. The number of carbonyl (C=O) groups is 1. The minimum atomic E-state index is -0.0610. The zero-order valence-corrected chi connectivity index (χ0v) is 11.3. The fraction of sp³-hybridized carbons (Fsp3) is 0.333. The SMILES string of the molecule is O=C(Cc1ccccc1O)NCCCCn1ccnc1. The minimum absolute atomic E-state index is 0.0610. The average Bonchev–Trinajstić information content (AvgIpc) is 2.94. The lowest BCUT2D eigenvalue weighted by Gasteiger charge is -2.07. The van der Waals surface area contributed by atoms with Gasteiger partial charge >= 0.3 is 0 Å². The fourth-order valence-electron chi connectivity index (χ4n) is 1.96. The molecule has 0 saturated carbocycles. The third kappa shape index (κ3) is 4.42. The molecule has 5 nitrogen and oxygen atoms in total. The van der Waals surface area contributed by atoms with Gasteiger partial charge in [0.05, 0.1) is 12.7 Å². The number of phenols is 1. The van der Waals surface area contributed by atoms with Crippen molar-refractivity contribution in [2.75, 3.05) is 6.54 Å². The number of carbonyl (C=O) groups excluding carboxylic acids is 1. The maximum atomic E-state index is 11.7. The van der Waals surface area contributed by atoms with Gasteiger partial charge in [-0.25, -0.2) is 4.98 Å². The standard InChI is InChI=1S/C15H19N3O2/c19-14-6-2-1-5-13(14)11-15(20)17-7-3-4-9-18-10-8-16-12-18/h1-2,5-6,8,10,12,19H,3-4,7,9,11H2,(H,17,20). The number of amides is 1. The maximum Gasteiger partial charge on any atom is 0.224 e. The van der Waals surface area contributed by atoms with Crippen LogP contribution in [0.15, 0.2) is 43.0 Å². The first-order valence-electron chi connectivity index (χ1n) is 6.75. The van der Waals surface area contributed by atoms with Gasteiger partial charge in [0.15, 0.2) is 0 Å². The van der Waals surface area contributed by atoms with E-state index in [1.54, 1.807) is 30.7 Å². The molecule has 106 valence electrons. The van der Waals surface area contributed by atoms with Crippen LogP contribution >= 0.6 is 0 Å². The number of para-hydroxylation sites is 1. The highest BCUT2D eigenvalue weighted by Gasteiger charge is 2.06. The molecule has 1 aromatic carbocycles. The highest BCUT2D eigenvalue weighted by atomic mass is 16.3. The summed E-state index contributed by atoms with van der Waals surface area (Å²) in [6.07, 6.45) is 7.60. The van der Waals surface area contributed by atoms with E-state index in [4.69, 9.17) is 0 Å². The number of benzene rings is 1. The van der Waals surface area contributed by atoms with Gasteiger partial charge in [-0.05, 0) is 18.9 Å². The van der Waals surface area contributed by atoms with Gasteiger partial charge in [0.1, 0.15) is 5.75 Å². The molecule has 0 spiro atoms. The molecule has 2 aromatic rings. The molecule has 1 heterocycles. The Morgan fingerprint density at radius 1 is 1.30 bits per heavy atom. The predicted molar refractivity (Wildman–Crippen MR) is 76.3 cm³/mol. The first kappa shape index (κ1) is 14.1. The van der Waals surface area contributed by atoms with Gasteiger partial charge in [0.25, 0.3) is 0 Å². The molecule has 0 bridgehead atoms. The third-order valence-corrected chi connectivity index (χ3v) is 3.07. The van der Waals surface area contributed by atoms with Crippen molar-refractivity contribution >= 4 is 5.91 Å². The van der Waals surface area contributed by atoms with E-state index in [2.05, 4.69) is 10.3 Å². The summed E-state index contributed by atoms with van der Waals surface area (Å²) in [4.78, 5) is 15.7. The lowest BCUT2D eigenvalue weighted by molar-refractivity contribution is -0.120. The lowest BCUT2D eigenvalue weighted by atomic mass is 10.1. The Morgan fingerprint density at radius 3 is 2.90 bits per heavy atom. The molecular weight excluding hydrogens is 254 g/mol. The van der Waals surface area contributed by atoms with Gasteiger partial charge in [-0.2, -0.15) is 0 Å². The highest BCUT2D eigenvalue weighted by molar-refractivity contribution is 5.79. The second-order valence-electron chi connectivity index (χ2n) is 4.66. The third-order valence-electron chi connectivity index (χ3n) is 3.07. The van der Waals surface area contributed by atoms with Crippen molar-refractivity contribution in [2.45, 2.75) is 25.8 Å². The van der Waals surface area contributed by atoms with Crippen molar-refractivity contribution in [3.63, 3.8) is 0 Å². The Labute approximate surface area is 118 Å². The second kappa shape index (κ2) is 7.33. The largest absolute Gasteiger partial charge is 0.508 e. The topological polar surface area (TPSA) is 67.2 Å². The van der Waals surface area contributed by atoms with E-state index in [0.29, 0.717) is 12.1 Å². The van der Waals surface area contributed by atoms with Crippen LogP contribution in [0.1, 0.15) is 18.4 Å². The van der Waals surface area contributed by atoms with E-state index in [-0.39, 0.29) is 18.1 Å². The first-order valence-corrected chi connectivity index (χ1v) is 6.75. The van der Waals surface area contributed by atoms with Crippen LogP contribution in [0.3, 0.4) is 0 Å². The van der Waals surface area contributed by atoms with Crippen LogP contribution in [0.5, 0.6) is 5.75 Å². The Balaban J connectivity index is 1.62. The normalized spacial score (nSPS) is 10.4. The second-order valence-corrected chi connectivity index (χ2v) is 4.66. The van der Waals surface area contributed by atoms with Gasteiger partial charge in [-0.3, -0.25) is 4.79 Å². The van der Waals surface area contributed by atoms with Crippen molar-refractivity contribution in [1.82, 2.24) is 14.9 Å². The number of imidazole rings is 1. The zero-order chi connectivity index (χ0) is 14.2. The predicted octanol–water partition coefficient (Wildman–Crippen LogP) is 1.73. The van der Waals surface area contributed by atoms with Gasteiger partial charge in [0.2, 0.25) is 5.91 Å². The van der Waals surface area contributed by atoms with Crippen LogP contribution in [0.2, 0.25) is 0 Å². The Bertz CT molecular complexity index is 538. The van der Waals surface area contributed by atoms with Crippen LogP contribution in [-0.4, -0.2) is 27.1 Å². The number of unbranched alkanes of at least 4 members (excludes halogenated alkanes) is 1. The number of phenolic OH excluding ortho intramolecular Hbond substituents is 1. The number of nitrogens with zero attached hydrogens (tertiary/aromatic N) is 2. The molecule has 2 rings (SSSR count). The van der Waals surface area contributed by atoms with Crippen molar-refractivity contribution < 1.29 is 9.90 Å². The summed E-state index contributed by atoms with van der Waals surface area (Å²) >= 11 is 0. The van der Waals surface area contributed by atoms with Crippen molar-refractivity contribution in [1.29, 1.82) is 0 Å². The highest BCUT2D eigenvalue weighted by Crippen LogP contribution is 2.15. The first-order chi connectivity index (χ1) is 9.75. The van der Waals surface area contributed by atoms with Crippen LogP contribution in [0.4, 0.5) is 0 Å². The summed E-state index contributed by atoms with van der Waals surface area (Å²) in [7, 11) is 0. The van der Waals surface area contributed by atoms with Gasteiger partial charge in [-0.1, -0.05) is 18.2 Å². The average molecular weight is 273 g/mol.